The van der Waals surface area contributed by atoms with E-state index in [2.05, 4.69) is 5.32 Å². The van der Waals surface area contributed by atoms with Gasteiger partial charge in [0.2, 0.25) is 5.91 Å². The van der Waals surface area contributed by atoms with Gasteiger partial charge in [0.05, 0.1) is 17.5 Å². The molecule has 0 saturated carbocycles. The van der Waals surface area contributed by atoms with Crippen LogP contribution in [0.4, 0.5) is 18.0 Å². The number of carbonyl (C=O) groups excluding carboxylic acids is 2. The van der Waals surface area contributed by atoms with Gasteiger partial charge < -0.3 is 16.0 Å². The van der Waals surface area contributed by atoms with Crippen molar-refractivity contribution in [2.45, 2.75) is 25.6 Å². The van der Waals surface area contributed by atoms with E-state index in [4.69, 9.17) is 5.73 Å². The summed E-state index contributed by atoms with van der Waals surface area (Å²) < 4.78 is 39.0. The molecule has 0 spiro atoms. The maximum absolute atomic E-state index is 13.0. The van der Waals surface area contributed by atoms with Crippen molar-refractivity contribution in [1.82, 2.24) is 10.2 Å². The van der Waals surface area contributed by atoms with Crippen LogP contribution in [0.25, 0.3) is 0 Å². The van der Waals surface area contributed by atoms with Crippen molar-refractivity contribution in [2.24, 2.45) is 11.7 Å². The molecule has 3 amide bonds. The first kappa shape index (κ1) is 17.1. The topological polar surface area (TPSA) is 75.4 Å². The van der Waals surface area contributed by atoms with Crippen molar-refractivity contribution in [3.05, 3.63) is 35.4 Å². The Morgan fingerprint density at radius 1 is 1.35 bits per heavy atom. The van der Waals surface area contributed by atoms with Crippen LogP contribution < -0.4 is 11.1 Å². The minimum Gasteiger partial charge on any atom is -0.369 e. The summed E-state index contributed by atoms with van der Waals surface area (Å²) in [5.74, 6) is -0.880. The Labute approximate surface area is 131 Å². The number of rotatable bonds is 3. The summed E-state index contributed by atoms with van der Waals surface area (Å²) in [6.45, 7) is 2.03. The van der Waals surface area contributed by atoms with E-state index in [0.29, 0.717) is 13.0 Å². The molecule has 8 heteroatoms. The SMILES string of the molecule is C[C@@H](NC(=O)N1CC[C@@H](C(N)=O)C1)c1ccccc1C(F)(F)F. The van der Waals surface area contributed by atoms with Crippen LogP contribution in [0.3, 0.4) is 0 Å². The number of benzene rings is 1. The molecule has 2 rings (SSSR count). The summed E-state index contributed by atoms with van der Waals surface area (Å²) in [6, 6.07) is 3.80. The normalized spacial score (nSPS) is 19.5. The lowest BCUT2D eigenvalue weighted by atomic mass is 10.0. The number of urea groups is 1. The highest BCUT2D eigenvalue weighted by Crippen LogP contribution is 2.34. The van der Waals surface area contributed by atoms with E-state index >= 15 is 0 Å². The van der Waals surface area contributed by atoms with Crippen LogP contribution in [0, 0.1) is 5.92 Å². The first-order valence-corrected chi connectivity index (χ1v) is 7.21. The van der Waals surface area contributed by atoms with Gasteiger partial charge in [-0.1, -0.05) is 18.2 Å². The lowest BCUT2D eigenvalue weighted by Crippen LogP contribution is -2.40. The number of carbonyl (C=O) groups is 2. The molecule has 1 aliphatic heterocycles. The lowest BCUT2D eigenvalue weighted by Gasteiger charge is -2.23. The largest absolute Gasteiger partial charge is 0.416 e. The molecule has 1 aliphatic rings. The van der Waals surface area contributed by atoms with Gasteiger partial charge in [-0.3, -0.25) is 4.79 Å². The Morgan fingerprint density at radius 3 is 2.57 bits per heavy atom. The molecular formula is C15H18F3N3O2. The van der Waals surface area contributed by atoms with Gasteiger partial charge in [-0.2, -0.15) is 13.2 Å². The zero-order valence-electron chi connectivity index (χ0n) is 12.6. The number of nitrogens with two attached hydrogens (primary N) is 1. The van der Waals surface area contributed by atoms with Crippen molar-refractivity contribution in [1.29, 1.82) is 0 Å². The number of nitrogens with zero attached hydrogens (tertiary/aromatic N) is 1. The smallest absolute Gasteiger partial charge is 0.369 e. The summed E-state index contributed by atoms with van der Waals surface area (Å²) in [5.41, 5.74) is 4.42. The number of likely N-dealkylation sites (tertiary alicyclic amines) is 1. The number of halogens is 3. The standard InChI is InChI=1S/C15H18F3N3O2/c1-9(11-4-2-3-5-12(11)15(16,17)18)20-14(23)21-7-6-10(8-21)13(19)22/h2-5,9-10H,6-8H2,1H3,(H2,19,22)(H,20,23)/t9-,10-/m1/s1. The third-order valence-electron chi connectivity index (χ3n) is 3.95. The van der Waals surface area contributed by atoms with E-state index in [0.717, 1.165) is 6.07 Å². The first-order valence-electron chi connectivity index (χ1n) is 7.21. The van der Waals surface area contributed by atoms with Crippen LogP contribution in [-0.2, 0) is 11.0 Å². The van der Waals surface area contributed by atoms with E-state index in [1.807, 2.05) is 0 Å². The Bertz CT molecular complexity index is 604. The van der Waals surface area contributed by atoms with Gasteiger partial charge in [0.25, 0.3) is 0 Å². The highest BCUT2D eigenvalue weighted by molar-refractivity contribution is 5.80. The molecule has 126 valence electrons. The molecule has 5 nitrogen and oxygen atoms in total. The summed E-state index contributed by atoms with van der Waals surface area (Å²) in [6.07, 6.45) is -4.02. The van der Waals surface area contributed by atoms with Crippen LogP contribution in [0.5, 0.6) is 0 Å². The van der Waals surface area contributed by atoms with Gasteiger partial charge in [-0.15, -0.1) is 0 Å². The fourth-order valence-electron chi connectivity index (χ4n) is 2.66. The van der Waals surface area contributed by atoms with Crippen LogP contribution in [0.15, 0.2) is 24.3 Å². The summed E-state index contributed by atoms with van der Waals surface area (Å²) in [7, 11) is 0. The van der Waals surface area contributed by atoms with Gasteiger partial charge in [-0.25, -0.2) is 4.79 Å². The molecule has 3 N–H and O–H groups in total. The molecule has 1 aromatic carbocycles. The minimum atomic E-state index is -4.49. The van der Waals surface area contributed by atoms with E-state index < -0.39 is 35.6 Å². The van der Waals surface area contributed by atoms with Crippen molar-refractivity contribution in [3.63, 3.8) is 0 Å². The number of alkyl halides is 3. The Hall–Kier alpha value is -2.25. The molecule has 0 aromatic heterocycles. The van der Waals surface area contributed by atoms with Gasteiger partial charge in [-0.05, 0) is 25.0 Å². The van der Waals surface area contributed by atoms with Gasteiger partial charge in [0.1, 0.15) is 0 Å². The van der Waals surface area contributed by atoms with E-state index in [1.54, 1.807) is 0 Å². The molecule has 0 bridgehead atoms. The number of nitrogens with one attached hydrogen (secondary N) is 1. The molecule has 1 aromatic rings. The quantitative estimate of drug-likeness (QED) is 0.893. The monoisotopic (exact) mass is 329 g/mol. The molecule has 0 unspecified atom stereocenters. The maximum atomic E-state index is 13.0. The third kappa shape index (κ3) is 3.94. The molecule has 1 heterocycles. The average Bonchev–Trinajstić information content (AvgIpc) is 2.96. The number of hydrogen-bond acceptors (Lipinski definition) is 2. The van der Waals surface area contributed by atoms with E-state index in [1.165, 1.54) is 30.0 Å². The second kappa shape index (κ2) is 6.47. The van der Waals surface area contributed by atoms with Gasteiger partial charge in [0, 0.05) is 13.1 Å². The van der Waals surface area contributed by atoms with Crippen LogP contribution >= 0.6 is 0 Å². The molecule has 0 radical (unpaired) electrons. The van der Waals surface area contributed by atoms with Crippen molar-refractivity contribution in [2.75, 3.05) is 13.1 Å². The zero-order valence-corrected chi connectivity index (χ0v) is 12.6. The highest BCUT2D eigenvalue weighted by Gasteiger charge is 2.35. The minimum absolute atomic E-state index is 0.000928. The average molecular weight is 329 g/mol. The van der Waals surface area contributed by atoms with Gasteiger partial charge >= 0.3 is 12.2 Å². The fraction of sp³-hybridized carbons (Fsp3) is 0.467. The van der Waals surface area contributed by atoms with E-state index in [9.17, 15) is 22.8 Å². The Balaban J connectivity index is 2.07. The number of hydrogen-bond donors (Lipinski definition) is 2. The molecule has 23 heavy (non-hydrogen) atoms. The second-order valence-corrected chi connectivity index (χ2v) is 5.59. The molecule has 0 aliphatic carbocycles. The van der Waals surface area contributed by atoms with E-state index in [-0.39, 0.29) is 12.1 Å². The summed E-state index contributed by atoms with van der Waals surface area (Å²) >= 11 is 0. The zero-order chi connectivity index (χ0) is 17.2. The number of primary amides is 1. The van der Waals surface area contributed by atoms with Crippen LogP contribution in [-0.4, -0.2) is 29.9 Å². The molecule has 2 atom stereocenters. The highest BCUT2D eigenvalue weighted by atomic mass is 19.4. The Kier molecular flexibility index (Phi) is 4.82. The van der Waals surface area contributed by atoms with Crippen LogP contribution in [0.2, 0.25) is 0 Å². The van der Waals surface area contributed by atoms with Crippen molar-refractivity contribution >= 4 is 11.9 Å². The van der Waals surface area contributed by atoms with Crippen molar-refractivity contribution in [3.8, 4) is 0 Å². The van der Waals surface area contributed by atoms with Crippen molar-refractivity contribution < 1.29 is 22.8 Å². The second-order valence-electron chi connectivity index (χ2n) is 5.59. The molecular weight excluding hydrogens is 311 g/mol. The summed E-state index contributed by atoms with van der Waals surface area (Å²) in [5, 5.41) is 2.54. The van der Waals surface area contributed by atoms with Crippen LogP contribution in [0.1, 0.15) is 30.5 Å². The summed E-state index contributed by atoms with van der Waals surface area (Å²) in [4.78, 5) is 24.6. The number of amides is 3. The predicted octanol–water partition coefficient (Wildman–Crippen LogP) is 2.28. The van der Waals surface area contributed by atoms with Gasteiger partial charge in [0.15, 0.2) is 0 Å². The first-order chi connectivity index (χ1) is 10.7. The Morgan fingerprint density at radius 2 is 2.00 bits per heavy atom. The maximum Gasteiger partial charge on any atom is 0.416 e. The third-order valence-corrected chi connectivity index (χ3v) is 3.95. The lowest BCUT2D eigenvalue weighted by molar-refractivity contribution is -0.138. The molecule has 1 saturated heterocycles. The molecule has 1 fully saturated rings. The predicted molar refractivity (Wildman–Crippen MR) is 77.3 cm³/mol. The fourth-order valence-corrected chi connectivity index (χ4v) is 2.66.